The summed E-state index contributed by atoms with van der Waals surface area (Å²) in [4.78, 5) is 6.32. The maximum Gasteiger partial charge on any atom is 0.0718 e. The van der Waals surface area contributed by atoms with Crippen molar-refractivity contribution in [3.05, 3.63) is 30.1 Å². The summed E-state index contributed by atoms with van der Waals surface area (Å²) in [7, 11) is 0. The first kappa shape index (κ1) is 11.6. The maximum absolute atomic E-state index is 10.0. The van der Waals surface area contributed by atoms with Gasteiger partial charge in [0.1, 0.15) is 0 Å². The van der Waals surface area contributed by atoms with Crippen molar-refractivity contribution in [1.82, 2.24) is 9.88 Å². The van der Waals surface area contributed by atoms with Gasteiger partial charge in [-0.2, -0.15) is 0 Å². The Morgan fingerprint density at radius 1 is 1.44 bits per heavy atom. The third-order valence-corrected chi connectivity index (χ3v) is 3.56. The monoisotopic (exact) mass is 220 g/mol. The van der Waals surface area contributed by atoms with Gasteiger partial charge in [0.25, 0.3) is 0 Å². The minimum Gasteiger partial charge on any atom is -0.391 e. The largest absolute Gasteiger partial charge is 0.391 e. The molecule has 1 N–H and O–H groups in total. The number of likely N-dealkylation sites (tertiary alicyclic amines) is 1. The fourth-order valence-electron chi connectivity index (χ4n) is 2.09. The minimum atomic E-state index is -0.219. The van der Waals surface area contributed by atoms with E-state index in [2.05, 4.69) is 23.7 Å². The van der Waals surface area contributed by atoms with E-state index < -0.39 is 0 Å². The number of rotatable bonds is 2. The van der Waals surface area contributed by atoms with Gasteiger partial charge in [-0.25, -0.2) is 0 Å². The Bertz CT molecular complexity index is 337. The van der Waals surface area contributed by atoms with Crippen LogP contribution in [0.1, 0.15) is 25.8 Å². The summed E-state index contributed by atoms with van der Waals surface area (Å²) >= 11 is 0. The number of β-amino-alcohol motifs (C(OH)–C–C–N with tert-alkyl or cyclic N) is 1. The number of aliphatic hydroxyl groups excluding tert-OH is 1. The van der Waals surface area contributed by atoms with E-state index in [1.807, 2.05) is 24.5 Å². The molecule has 0 saturated carbocycles. The van der Waals surface area contributed by atoms with Crippen LogP contribution in [0.4, 0.5) is 0 Å². The first-order valence-electron chi connectivity index (χ1n) is 5.87. The molecule has 2 rings (SSSR count). The van der Waals surface area contributed by atoms with Crippen molar-refractivity contribution in [1.29, 1.82) is 0 Å². The smallest absolute Gasteiger partial charge is 0.0718 e. The summed E-state index contributed by atoms with van der Waals surface area (Å²) in [5, 5.41) is 10.0. The number of hydrogen-bond acceptors (Lipinski definition) is 3. The van der Waals surface area contributed by atoms with Crippen molar-refractivity contribution in [3.63, 3.8) is 0 Å². The molecule has 1 aliphatic heterocycles. The predicted molar refractivity (Wildman–Crippen MR) is 63.9 cm³/mol. The Hall–Kier alpha value is -0.930. The minimum absolute atomic E-state index is 0.0642. The van der Waals surface area contributed by atoms with Gasteiger partial charge in [0.15, 0.2) is 0 Å². The second-order valence-electron chi connectivity index (χ2n) is 5.34. The zero-order valence-electron chi connectivity index (χ0n) is 10.1. The molecule has 1 atom stereocenters. The second kappa shape index (κ2) is 4.52. The van der Waals surface area contributed by atoms with Crippen molar-refractivity contribution in [2.75, 3.05) is 13.1 Å². The molecule has 1 fully saturated rings. The summed E-state index contributed by atoms with van der Waals surface area (Å²) in [5.41, 5.74) is 1.33. The van der Waals surface area contributed by atoms with E-state index in [1.165, 1.54) is 5.56 Å². The maximum atomic E-state index is 10.0. The lowest BCUT2D eigenvalue weighted by molar-refractivity contribution is -0.0278. The van der Waals surface area contributed by atoms with E-state index in [0.29, 0.717) is 0 Å². The quantitative estimate of drug-likeness (QED) is 0.823. The van der Waals surface area contributed by atoms with Crippen molar-refractivity contribution >= 4 is 0 Å². The second-order valence-corrected chi connectivity index (χ2v) is 5.34. The van der Waals surface area contributed by atoms with E-state index in [1.54, 1.807) is 0 Å². The van der Waals surface area contributed by atoms with Crippen LogP contribution in [0.15, 0.2) is 24.5 Å². The molecule has 16 heavy (non-hydrogen) atoms. The summed E-state index contributed by atoms with van der Waals surface area (Å²) in [6.45, 7) is 7.03. The van der Waals surface area contributed by atoms with Crippen molar-refractivity contribution < 1.29 is 5.11 Å². The Morgan fingerprint density at radius 2 is 2.12 bits per heavy atom. The number of piperidine rings is 1. The molecule has 2 heterocycles. The van der Waals surface area contributed by atoms with Crippen LogP contribution in [0.5, 0.6) is 0 Å². The normalized spacial score (nSPS) is 25.6. The molecule has 88 valence electrons. The van der Waals surface area contributed by atoms with Gasteiger partial charge in [-0.15, -0.1) is 0 Å². The van der Waals surface area contributed by atoms with Gasteiger partial charge in [-0.3, -0.25) is 9.88 Å². The Kier molecular flexibility index (Phi) is 3.26. The fraction of sp³-hybridized carbons (Fsp3) is 0.615. The van der Waals surface area contributed by atoms with Gasteiger partial charge in [-0.05, 0) is 36.1 Å². The first-order chi connectivity index (χ1) is 7.58. The van der Waals surface area contributed by atoms with Crippen LogP contribution in [-0.2, 0) is 6.54 Å². The average Bonchev–Trinajstić information content (AvgIpc) is 2.26. The molecule has 1 aliphatic rings. The van der Waals surface area contributed by atoms with Crippen LogP contribution in [0.3, 0.4) is 0 Å². The number of aliphatic hydroxyl groups is 1. The van der Waals surface area contributed by atoms with Crippen molar-refractivity contribution in [2.45, 2.75) is 32.9 Å². The van der Waals surface area contributed by atoms with Crippen LogP contribution in [0, 0.1) is 5.41 Å². The molecule has 0 amide bonds. The summed E-state index contributed by atoms with van der Waals surface area (Å²) in [6, 6.07) is 4.07. The molecule has 1 unspecified atom stereocenters. The molecule has 0 bridgehead atoms. The highest BCUT2D eigenvalue weighted by Crippen LogP contribution is 2.30. The number of pyridine rings is 1. The molecule has 0 aliphatic carbocycles. The van der Waals surface area contributed by atoms with E-state index >= 15 is 0 Å². The van der Waals surface area contributed by atoms with Gasteiger partial charge in [0, 0.05) is 25.5 Å². The van der Waals surface area contributed by atoms with E-state index in [0.717, 1.165) is 26.1 Å². The molecule has 0 radical (unpaired) electrons. The Morgan fingerprint density at radius 3 is 2.75 bits per heavy atom. The zero-order valence-corrected chi connectivity index (χ0v) is 10.1. The molecular formula is C13H20N2O. The highest BCUT2D eigenvalue weighted by atomic mass is 16.3. The van der Waals surface area contributed by atoms with E-state index in [-0.39, 0.29) is 11.5 Å². The van der Waals surface area contributed by atoms with E-state index in [4.69, 9.17) is 0 Å². The standard InChI is InChI=1S/C13H20N2O/c1-13(2)5-8-15(10-12(13)16)9-11-3-6-14-7-4-11/h3-4,6-7,12,16H,5,8-10H2,1-2H3. The summed E-state index contributed by atoms with van der Waals surface area (Å²) < 4.78 is 0. The zero-order chi connectivity index (χ0) is 11.6. The fourth-order valence-corrected chi connectivity index (χ4v) is 2.09. The lowest BCUT2D eigenvalue weighted by Crippen LogP contribution is -2.47. The third kappa shape index (κ3) is 2.60. The Balaban J connectivity index is 1.94. The molecule has 0 spiro atoms. The molecule has 3 nitrogen and oxygen atoms in total. The molecular weight excluding hydrogens is 200 g/mol. The van der Waals surface area contributed by atoms with Crippen molar-refractivity contribution in [2.24, 2.45) is 5.41 Å². The van der Waals surface area contributed by atoms with Crippen LogP contribution in [0.25, 0.3) is 0 Å². The summed E-state index contributed by atoms with van der Waals surface area (Å²) in [5.74, 6) is 0. The van der Waals surface area contributed by atoms with Gasteiger partial charge < -0.3 is 5.11 Å². The van der Waals surface area contributed by atoms with Gasteiger partial charge >= 0.3 is 0 Å². The molecule has 1 saturated heterocycles. The number of hydrogen-bond donors (Lipinski definition) is 1. The summed E-state index contributed by atoms with van der Waals surface area (Å²) in [6.07, 6.45) is 4.47. The predicted octanol–water partition coefficient (Wildman–Crippen LogP) is 1.67. The van der Waals surface area contributed by atoms with E-state index in [9.17, 15) is 5.11 Å². The lowest BCUT2D eigenvalue weighted by atomic mass is 9.80. The SMILES string of the molecule is CC1(C)CCN(Cc2ccncc2)CC1O. The first-order valence-corrected chi connectivity index (χ1v) is 5.87. The number of nitrogens with zero attached hydrogens (tertiary/aromatic N) is 2. The third-order valence-electron chi connectivity index (χ3n) is 3.56. The Labute approximate surface area is 97.1 Å². The lowest BCUT2D eigenvalue weighted by Gasteiger charge is -2.41. The molecule has 1 aromatic rings. The average molecular weight is 220 g/mol. The highest BCUT2D eigenvalue weighted by molar-refractivity contribution is 5.09. The van der Waals surface area contributed by atoms with Gasteiger partial charge in [0.05, 0.1) is 6.10 Å². The molecule has 1 aromatic heterocycles. The van der Waals surface area contributed by atoms with Gasteiger partial charge in [-0.1, -0.05) is 13.8 Å². The molecule has 0 aromatic carbocycles. The van der Waals surface area contributed by atoms with Crippen LogP contribution < -0.4 is 0 Å². The molecule has 3 heteroatoms. The van der Waals surface area contributed by atoms with Crippen molar-refractivity contribution in [3.8, 4) is 0 Å². The van der Waals surface area contributed by atoms with Crippen LogP contribution >= 0.6 is 0 Å². The topological polar surface area (TPSA) is 36.4 Å². The van der Waals surface area contributed by atoms with Crippen LogP contribution in [0.2, 0.25) is 0 Å². The highest BCUT2D eigenvalue weighted by Gasteiger charge is 2.33. The van der Waals surface area contributed by atoms with Crippen LogP contribution in [-0.4, -0.2) is 34.2 Å². The number of aromatic nitrogens is 1. The van der Waals surface area contributed by atoms with Gasteiger partial charge in [0.2, 0.25) is 0 Å².